The predicted octanol–water partition coefficient (Wildman–Crippen LogP) is 1.81. The van der Waals surface area contributed by atoms with Crippen molar-refractivity contribution in [3.63, 3.8) is 0 Å². The second-order valence-electron chi connectivity index (χ2n) is 5.60. The molecule has 1 aliphatic rings. The Labute approximate surface area is 135 Å². The summed E-state index contributed by atoms with van der Waals surface area (Å²) in [4.78, 5) is 14.2. The lowest BCUT2D eigenvalue weighted by atomic mass is 10.3. The number of aryl methyl sites for hydroxylation is 1. The zero-order chi connectivity index (χ0) is 16.2. The molecule has 1 aromatic heterocycles. The number of benzene rings is 1. The largest absolute Gasteiger partial charge is 0.463 e. The lowest BCUT2D eigenvalue weighted by Gasteiger charge is -2.29. The van der Waals surface area contributed by atoms with Crippen LogP contribution in [0.1, 0.15) is 12.5 Å². The van der Waals surface area contributed by atoms with E-state index in [-0.39, 0.29) is 5.91 Å². The van der Waals surface area contributed by atoms with Gasteiger partial charge in [-0.2, -0.15) is 0 Å². The standard InChI is InChI=1S/C17H21N3O3/c1-13-12-20(15-6-4-3-5-7-15)18-16(13)23-14(2)17(21)19-8-10-22-11-9-19/h3-7,12,14H,8-11H2,1-2H3/t14-/m0/s1. The van der Waals surface area contributed by atoms with Crippen LogP contribution in [-0.2, 0) is 9.53 Å². The molecule has 0 aliphatic carbocycles. The van der Waals surface area contributed by atoms with Crippen molar-refractivity contribution >= 4 is 5.91 Å². The van der Waals surface area contributed by atoms with Gasteiger partial charge in [0, 0.05) is 24.8 Å². The highest BCUT2D eigenvalue weighted by Gasteiger charge is 2.25. The van der Waals surface area contributed by atoms with Crippen molar-refractivity contribution in [1.82, 2.24) is 14.7 Å². The first-order valence-electron chi connectivity index (χ1n) is 7.80. The topological polar surface area (TPSA) is 56.6 Å². The number of hydrogen-bond donors (Lipinski definition) is 0. The van der Waals surface area contributed by atoms with E-state index in [1.807, 2.05) is 43.5 Å². The summed E-state index contributed by atoms with van der Waals surface area (Å²) in [7, 11) is 0. The van der Waals surface area contributed by atoms with Crippen molar-refractivity contribution in [1.29, 1.82) is 0 Å². The number of carbonyl (C=O) groups excluding carboxylic acids is 1. The third-order valence-electron chi connectivity index (χ3n) is 3.83. The maximum absolute atomic E-state index is 12.4. The van der Waals surface area contributed by atoms with Gasteiger partial charge in [0.15, 0.2) is 6.10 Å². The first-order chi connectivity index (χ1) is 11.1. The Morgan fingerprint density at radius 3 is 2.65 bits per heavy atom. The molecule has 2 heterocycles. The highest BCUT2D eigenvalue weighted by Crippen LogP contribution is 2.19. The zero-order valence-electron chi connectivity index (χ0n) is 13.4. The van der Waals surface area contributed by atoms with Gasteiger partial charge in [-0.1, -0.05) is 18.2 Å². The van der Waals surface area contributed by atoms with Crippen molar-refractivity contribution < 1.29 is 14.3 Å². The van der Waals surface area contributed by atoms with Crippen LogP contribution >= 0.6 is 0 Å². The lowest BCUT2D eigenvalue weighted by Crippen LogP contribution is -2.46. The minimum absolute atomic E-state index is 0.0260. The number of rotatable bonds is 4. The lowest BCUT2D eigenvalue weighted by molar-refractivity contribution is -0.142. The molecular weight excluding hydrogens is 294 g/mol. The molecule has 1 amide bonds. The molecule has 0 spiro atoms. The Kier molecular flexibility index (Phi) is 4.62. The van der Waals surface area contributed by atoms with Crippen LogP contribution in [0.25, 0.3) is 5.69 Å². The maximum atomic E-state index is 12.4. The normalized spacial score (nSPS) is 16.2. The molecule has 0 saturated carbocycles. The molecule has 0 bridgehead atoms. The van der Waals surface area contributed by atoms with Crippen LogP contribution in [0.2, 0.25) is 0 Å². The summed E-state index contributed by atoms with van der Waals surface area (Å²) in [6.45, 7) is 6.08. The Bertz CT molecular complexity index is 663. The third kappa shape index (κ3) is 3.53. The SMILES string of the molecule is Cc1cn(-c2ccccc2)nc1O[C@@H](C)C(=O)N1CCOCC1. The molecule has 0 N–H and O–H groups in total. The Morgan fingerprint density at radius 2 is 1.96 bits per heavy atom. The number of aromatic nitrogens is 2. The fourth-order valence-corrected chi connectivity index (χ4v) is 2.53. The van der Waals surface area contributed by atoms with Crippen molar-refractivity contribution in [2.75, 3.05) is 26.3 Å². The zero-order valence-corrected chi connectivity index (χ0v) is 13.4. The molecule has 1 saturated heterocycles. The third-order valence-corrected chi connectivity index (χ3v) is 3.83. The van der Waals surface area contributed by atoms with E-state index < -0.39 is 6.10 Å². The molecular formula is C17H21N3O3. The summed E-state index contributed by atoms with van der Waals surface area (Å²) in [5.74, 6) is 0.463. The van der Waals surface area contributed by atoms with Gasteiger partial charge in [0.2, 0.25) is 5.88 Å². The van der Waals surface area contributed by atoms with E-state index in [2.05, 4.69) is 5.10 Å². The summed E-state index contributed by atoms with van der Waals surface area (Å²) in [5, 5.41) is 4.45. The minimum atomic E-state index is -0.564. The summed E-state index contributed by atoms with van der Waals surface area (Å²) >= 11 is 0. The second-order valence-corrected chi connectivity index (χ2v) is 5.60. The minimum Gasteiger partial charge on any atom is -0.463 e. The van der Waals surface area contributed by atoms with E-state index in [0.717, 1.165) is 11.3 Å². The van der Waals surface area contributed by atoms with Gasteiger partial charge in [0.25, 0.3) is 5.91 Å². The van der Waals surface area contributed by atoms with Crippen LogP contribution in [0.3, 0.4) is 0 Å². The van der Waals surface area contributed by atoms with Gasteiger partial charge in [-0.3, -0.25) is 4.79 Å². The second kappa shape index (κ2) is 6.83. The number of para-hydroxylation sites is 1. The van der Waals surface area contributed by atoms with Crippen LogP contribution in [-0.4, -0.2) is 53.0 Å². The number of ether oxygens (including phenoxy) is 2. The van der Waals surface area contributed by atoms with Gasteiger partial charge in [0.05, 0.1) is 18.9 Å². The molecule has 1 aliphatic heterocycles. The number of carbonyl (C=O) groups is 1. The fraction of sp³-hybridized carbons (Fsp3) is 0.412. The van der Waals surface area contributed by atoms with Crippen molar-refractivity contribution in [3.05, 3.63) is 42.1 Å². The maximum Gasteiger partial charge on any atom is 0.263 e. The molecule has 1 fully saturated rings. The smallest absolute Gasteiger partial charge is 0.263 e. The first-order valence-corrected chi connectivity index (χ1v) is 7.80. The van der Waals surface area contributed by atoms with Crippen molar-refractivity contribution in [2.45, 2.75) is 20.0 Å². The summed E-state index contributed by atoms with van der Waals surface area (Å²) < 4.78 is 12.8. The molecule has 2 aromatic rings. The van der Waals surface area contributed by atoms with Crippen LogP contribution in [0.4, 0.5) is 0 Å². The van der Waals surface area contributed by atoms with E-state index in [0.29, 0.717) is 32.2 Å². The van der Waals surface area contributed by atoms with Gasteiger partial charge in [-0.15, -0.1) is 5.10 Å². The molecule has 0 unspecified atom stereocenters. The van der Waals surface area contributed by atoms with Crippen LogP contribution in [0.15, 0.2) is 36.5 Å². The monoisotopic (exact) mass is 315 g/mol. The molecule has 0 radical (unpaired) electrons. The van der Waals surface area contributed by atoms with E-state index in [1.54, 1.807) is 16.5 Å². The highest BCUT2D eigenvalue weighted by molar-refractivity contribution is 5.81. The average molecular weight is 315 g/mol. The molecule has 3 rings (SSSR count). The van der Waals surface area contributed by atoms with E-state index in [9.17, 15) is 4.79 Å². The quantitative estimate of drug-likeness (QED) is 0.863. The van der Waals surface area contributed by atoms with Gasteiger partial charge in [-0.25, -0.2) is 4.68 Å². The first kappa shape index (κ1) is 15.6. The number of morpholine rings is 1. The average Bonchev–Trinajstić information content (AvgIpc) is 2.96. The Balaban J connectivity index is 1.70. The fourth-order valence-electron chi connectivity index (χ4n) is 2.53. The predicted molar refractivity (Wildman–Crippen MR) is 85.8 cm³/mol. The summed E-state index contributed by atoms with van der Waals surface area (Å²) in [6.07, 6.45) is 1.34. The molecule has 6 heteroatoms. The summed E-state index contributed by atoms with van der Waals surface area (Å²) in [6, 6.07) is 9.81. The summed E-state index contributed by atoms with van der Waals surface area (Å²) in [5.41, 5.74) is 1.85. The van der Waals surface area contributed by atoms with Gasteiger partial charge >= 0.3 is 0 Å². The Hall–Kier alpha value is -2.34. The van der Waals surface area contributed by atoms with E-state index >= 15 is 0 Å². The highest BCUT2D eigenvalue weighted by atomic mass is 16.5. The van der Waals surface area contributed by atoms with Crippen LogP contribution in [0.5, 0.6) is 5.88 Å². The molecule has 23 heavy (non-hydrogen) atoms. The van der Waals surface area contributed by atoms with E-state index in [1.165, 1.54) is 0 Å². The van der Waals surface area contributed by atoms with Crippen LogP contribution in [0, 0.1) is 6.92 Å². The van der Waals surface area contributed by atoms with E-state index in [4.69, 9.17) is 9.47 Å². The van der Waals surface area contributed by atoms with Gasteiger partial charge in [-0.05, 0) is 26.0 Å². The van der Waals surface area contributed by atoms with Crippen molar-refractivity contribution in [2.24, 2.45) is 0 Å². The molecule has 122 valence electrons. The Morgan fingerprint density at radius 1 is 1.26 bits per heavy atom. The number of nitrogens with zero attached hydrogens (tertiary/aromatic N) is 3. The molecule has 6 nitrogen and oxygen atoms in total. The van der Waals surface area contributed by atoms with Gasteiger partial charge in [0.1, 0.15) is 0 Å². The number of hydrogen-bond acceptors (Lipinski definition) is 4. The number of amides is 1. The van der Waals surface area contributed by atoms with Gasteiger partial charge < -0.3 is 14.4 Å². The van der Waals surface area contributed by atoms with Crippen LogP contribution < -0.4 is 4.74 Å². The molecule has 1 aromatic carbocycles. The molecule has 1 atom stereocenters. The van der Waals surface area contributed by atoms with Crippen molar-refractivity contribution in [3.8, 4) is 11.6 Å².